The summed E-state index contributed by atoms with van der Waals surface area (Å²) in [6.07, 6.45) is 3.35. The second-order valence-corrected chi connectivity index (χ2v) is 3.07. The SMILES string of the molecule is C=CCCCOC(=O)c1ccc(F)cc1. The van der Waals surface area contributed by atoms with Crippen molar-refractivity contribution in [1.82, 2.24) is 0 Å². The van der Waals surface area contributed by atoms with E-state index < -0.39 is 5.97 Å². The molecule has 1 aromatic rings. The second kappa shape index (κ2) is 5.96. The molecule has 0 aliphatic rings. The van der Waals surface area contributed by atoms with Crippen molar-refractivity contribution < 1.29 is 13.9 Å². The van der Waals surface area contributed by atoms with E-state index in [0.717, 1.165) is 12.8 Å². The first-order valence-electron chi connectivity index (χ1n) is 4.77. The van der Waals surface area contributed by atoms with Gasteiger partial charge in [-0.25, -0.2) is 9.18 Å². The Morgan fingerprint density at radius 1 is 1.40 bits per heavy atom. The Kier molecular flexibility index (Phi) is 4.54. The van der Waals surface area contributed by atoms with Gasteiger partial charge in [-0.05, 0) is 37.1 Å². The normalized spacial score (nSPS) is 9.67. The van der Waals surface area contributed by atoms with Crippen LogP contribution in [0, 0.1) is 5.82 Å². The quantitative estimate of drug-likeness (QED) is 0.422. The zero-order valence-corrected chi connectivity index (χ0v) is 8.41. The molecule has 0 atom stereocenters. The fraction of sp³-hybridized carbons (Fsp3) is 0.250. The average Bonchev–Trinajstić information content (AvgIpc) is 2.25. The first-order chi connectivity index (χ1) is 7.24. The molecular weight excluding hydrogens is 195 g/mol. The zero-order chi connectivity index (χ0) is 11.1. The molecule has 1 aromatic carbocycles. The van der Waals surface area contributed by atoms with Crippen molar-refractivity contribution in [3.63, 3.8) is 0 Å². The number of benzene rings is 1. The van der Waals surface area contributed by atoms with Crippen molar-refractivity contribution in [3.05, 3.63) is 48.3 Å². The van der Waals surface area contributed by atoms with Crippen LogP contribution in [0.3, 0.4) is 0 Å². The molecule has 0 spiro atoms. The number of unbranched alkanes of at least 4 members (excludes halogenated alkanes) is 1. The zero-order valence-electron chi connectivity index (χ0n) is 8.41. The average molecular weight is 208 g/mol. The van der Waals surface area contributed by atoms with Gasteiger partial charge in [-0.2, -0.15) is 0 Å². The highest BCUT2D eigenvalue weighted by molar-refractivity contribution is 5.89. The van der Waals surface area contributed by atoms with E-state index in [4.69, 9.17) is 4.74 Å². The maximum atomic E-state index is 12.5. The maximum Gasteiger partial charge on any atom is 0.338 e. The highest BCUT2D eigenvalue weighted by atomic mass is 19.1. The molecule has 1 rings (SSSR count). The molecule has 0 saturated heterocycles. The summed E-state index contributed by atoms with van der Waals surface area (Å²) in [5.41, 5.74) is 0.370. The predicted octanol–water partition coefficient (Wildman–Crippen LogP) is 2.95. The van der Waals surface area contributed by atoms with Crippen LogP contribution in [0.15, 0.2) is 36.9 Å². The van der Waals surface area contributed by atoms with E-state index >= 15 is 0 Å². The van der Waals surface area contributed by atoms with Gasteiger partial charge in [0, 0.05) is 0 Å². The molecule has 0 fully saturated rings. The van der Waals surface area contributed by atoms with Gasteiger partial charge in [0.15, 0.2) is 0 Å². The molecule has 0 unspecified atom stereocenters. The number of carbonyl (C=O) groups excluding carboxylic acids is 1. The van der Waals surface area contributed by atoms with E-state index in [1.165, 1.54) is 24.3 Å². The molecule has 0 heterocycles. The Labute approximate surface area is 88.4 Å². The summed E-state index contributed by atoms with van der Waals surface area (Å²) >= 11 is 0. The molecule has 0 amide bonds. The van der Waals surface area contributed by atoms with Crippen LogP contribution in [0.4, 0.5) is 4.39 Å². The van der Waals surface area contributed by atoms with E-state index in [2.05, 4.69) is 6.58 Å². The summed E-state index contributed by atoms with van der Waals surface area (Å²) < 4.78 is 17.5. The van der Waals surface area contributed by atoms with Crippen LogP contribution in [0.1, 0.15) is 23.2 Å². The largest absolute Gasteiger partial charge is 0.462 e. The van der Waals surface area contributed by atoms with Crippen molar-refractivity contribution in [2.75, 3.05) is 6.61 Å². The lowest BCUT2D eigenvalue weighted by atomic mass is 10.2. The Morgan fingerprint density at radius 2 is 2.07 bits per heavy atom. The maximum absolute atomic E-state index is 12.5. The highest BCUT2D eigenvalue weighted by Crippen LogP contribution is 2.05. The lowest BCUT2D eigenvalue weighted by Gasteiger charge is -2.03. The van der Waals surface area contributed by atoms with Gasteiger partial charge in [0.05, 0.1) is 12.2 Å². The minimum absolute atomic E-state index is 0.363. The molecule has 0 N–H and O–H groups in total. The number of halogens is 1. The first kappa shape index (κ1) is 11.4. The Bertz CT molecular complexity index is 330. The lowest BCUT2D eigenvalue weighted by molar-refractivity contribution is 0.0501. The van der Waals surface area contributed by atoms with Crippen molar-refractivity contribution >= 4 is 5.97 Å². The smallest absolute Gasteiger partial charge is 0.338 e. The minimum Gasteiger partial charge on any atom is -0.462 e. The van der Waals surface area contributed by atoms with Crippen molar-refractivity contribution in [1.29, 1.82) is 0 Å². The van der Waals surface area contributed by atoms with E-state index in [0.29, 0.717) is 12.2 Å². The third-order valence-corrected chi connectivity index (χ3v) is 1.87. The van der Waals surface area contributed by atoms with Crippen LogP contribution in [0.5, 0.6) is 0 Å². The molecule has 0 aliphatic heterocycles. The summed E-state index contributed by atoms with van der Waals surface area (Å²) in [6.45, 7) is 3.93. The van der Waals surface area contributed by atoms with Gasteiger partial charge < -0.3 is 4.74 Å². The van der Waals surface area contributed by atoms with Gasteiger partial charge in [0.1, 0.15) is 5.82 Å². The molecule has 80 valence electrons. The molecular formula is C12H13FO2. The third kappa shape index (κ3) is 3.94. The van der Waals surface area contributed by atoms with Crippen LogP contribution in [0.2, 0.25) is 0 Å². The number of allylic oxidation sites excluding steroid dienone is 1. The fourth-order valence-electron chi connectivity index (χ4n) is 1.06. The van der Waals surface area contributed by atoms with Crippen molar-refractivity contribution in [2.45, 2.75) is 12.8 Å². The topological polar surface area (TPSA) is 26.3 Å². The Morgan fingerprint density at radius 3 is 2.67 bits per heavy atom. The molecule has 0 bridgehead atoms. The van der Waals surface area contributed by atoms with Gasteiger partial charge in [0.25, 0.3) is 0 Å². The lowest BCUT2D eigenvalue weighted by Crippen LogP contribution is -2.06. The van der Waals surface area contributed by atoms with E-state index in [1.807, 2.05) is 0 Å². The number of hydrogen-bond acceptors (Lipinski definition) is 2. The highest BCUT2D eigenvalue weighted by Gasteiger charge is 2.05. The van der Waals surface area contributed by atoms with Gasteiger partial charge in [-0.15, -0.1) is 6.58 Å². The summed E-state index contributed by atoms with van der Waals surface area (Å²) in [5, 5.41) is 0. The standard InChI is InChI=1S/C12H13FO2/c1-2-3-4-9-15-12(14)10-5-7-11(13)8-6-10/h2,5-8H,1,3-4,9H2. The Hall–Kier alpha value is -1.64. The first-order valence-corrected chi connectivity index (χ1v) is 4.77. The number of rotatable bonds is 5. The molecule has 0 radical (unpaired) electrons. The van der Waals surface area contributed by atoms with E-state index in [-0.39, 0.29) is 5.82 Å². The van der Waals surface area contributed by atoms with Crippen LogP contribution >= 0.6 is 0 Å². The number of carbonyl (C=O) groups is 1. The van der Waals surface area contributed by atoms with Gasteiger partial charge in [-0.1, -0.05) is 6.08 Å². The summed E-state index contributed by atoms with van der Waals surface area (Å²) in [7, 11) is 0. The predicted molar refractivity (Wildman–Crippen MR) is 56.1 cm³/mol. The number of ether oxygens (including phenoxy) is 1. The van der Waals surface area contributed by atoms with Crippen molar-refractivity contribution in [2.24, 2.45) is 0 Å². The van der Waals surface area contributed by atoms with Gasteiger partial charge >= 0.3 is 5.97 Å². The second-order valence-electron chi connectivity index (χ2n) is 3.07. The minimum atomic E-state index is -0.418. The molecule has 3 heteroatoms. The Balaban J connectivity index is 2.40. The summed E-state index contributed by atoms with van der Waals surface area (Å²) in [6, 6.07) is 5.29. The van der Waals surface area contributed by atoms with Gasteiger partial charge in [0.2, 0.25) is 0 Å². The molecule has 0 aliphatic carbocycles. The summed E-state index contributed by atoms with van der Waals surface area (Å²) in [4.78, 5) is 11.3. The molecule has 2 nitrogen and oxygen atoms in total. The molecule has 15 heavy (non-hydrogen) atoms. The fourth-order valence-corrected chi connectivity index (χ4v) is 1.06. The van der Waals surface area contributed by atoms with Gasteiger partial charge in [-0.3, -0.25) is 0 Å². The molecule has 0 saturated carbocycles. The van der Waals surface area contributed by atoms with Crippen LogP contribution < -0.4 is 0 Å². The van der Waals surface area contributed by atoms with Crippen LogP contribution in [-0.4, -0.2) is 12.6 Å². The monoisotopic (exact) mass is 208 g/mol. The number of hydrogen-bond donors (Lipinski definition) is 0. The van der Waals surface area contributed by atoms with Crippen molar-refractivity contribution in [3.8, 4) is 0 Å². The van der Waals surface area contributed by atoms with E-state index in [1.54, 1.807) is 6.08 Å². The van der Waals surface area contributed by atoms with Crippen LogP contribution in [0.25, 0.3) is 0 Å². The molecule has 0 aromatic heterocycles. The van der Waals surface area contributed by atoms with E-state index in [9.17, 15) is 9.18 Å². The third-order valence-electron chi connectivity index (χ3n) is 1.87. The summed E-state index contributed by atoms with van der Waals surface area (Å²) in [5.74, 6) is -0.780. The number of esters is 1. The van der Waals surface area contributed by atoms with Crippen LogP contribution in [-0.2, 0) is 4.74 Å².